The molecule has 4 heteroatoms. The average Bonchev–Trinajstić information content (AvgIpc) is 2.34. The van der Waals surface area contributed by atoms with Crippen LogP contribution in [0.25, 0.3) is 0 Å². The van der Waals surface area contributed by atoms with Gasteiger partial charge in [0.2, 0.25) is 5.91 Å². The van der Waals surface area contributed by atoms with E-state index in [1.165, 1.54) is 0 Å². The van der Waals surface area contributed by atoms with E-state index in [4.69, 9.17) is 4.74 Å². The van der Waals surface area contributed by atoms with Gasteiger partial charge >= 0.3 is 0 Å². The average molecular weight is 256 g/mol. The molecular formula is C14H28N2O2. The Bertz CT molecular complexity index is 226. The van der Waals surface area contributed by atoms with Crippen LogP contribution in [0.4, 0.5) is 0 Å². The van der Waals surface area contributed by atoms with E-state index in [0.29, 0.717) is 18.3 Å². The van der Waals surface area contributed by atoms with Crippen molar-refractivity contribution >= 4 is 5.91 Å². The fourth-order valence-electron chi connectivity index (χ4n) is 2.14. The fraction of sp³-hybridized carbons (Fsp3) is 0.929. The first kappa shape index (κ1) is 15.4. The third-order valence-corrected chi connectivity index (χ3v) is 3.17. The normalized spacial score (nSPS) is 17.1. The van der Waals surface area contributed by atoms with Crippen molar-refractivity contribution < 1.29 is 9.53 Å². The number of amides is 1. The molecule has 0 bridgehead atoms. The molecule has 106 valence electrons. The summed E-state index contributed by atoms with van der Waals surface area (Å²) in [5.74, 6) is 1.36. The smallest absolute Gasteiger partial charge is 0.220 e. The van der Waals surface area contributed by atoms with Crippen molar-refractivity contribution in [2.75, 3.05) is 32.8 Å². The standard InChI is InChI=1S/C14H28N2O2/c1-12(2)11-18-9-3-6-16-14(17)10-13-4-7-15-8-5-13/h12-13,15H,3-11H2,1-2H3,(H,16,17). The second-order valence-corrected chi connectivity index (χ2v) is 5.57. The summed E-state index contributed by atoms with van der Waals surface area (Å²) < 4.78 is 5.47. The predicted molar refractivity (Wildman–Crippen MR) is 73.5 cm³/mol. The molecule has 2 N–H and O–H groups in total. The van der Waals surface area contributed by atoms with Crippen LogP contribution < -0.4 is 10.6 Å². The van der Waals surface area contributed by atoms with Gasteiger partial charge in [-0.1, -0.05) is 13.8 Å². The van der Waals surface area contributed by atoms with Gasteiger partial charge in [-0.25, -0.2) is 0 Å². The second kappa shape index (κ2) is 9.34. The first-order valence-corrected chi connectivity index (χ1v) is 7.23. The van der Waals surface area contributed by atoms with E-state index < -0.39 is 0 Å². The Morgan fingerprint density at radius 3 is 2.78 bits per heavy atom. The van der Waals surface area contributed by atoms with Gasteiger partial charge in [0.25, 0.3) is 0 Å². The molecule has 0 spiro atoms. The van der Waals surface area contributed by atoms with Crippen LogP contribution in [0.1, 0.15) is 39.5 Å². The lowest BCUT2D eigenvalue weighted by molar-refractivity contribution is -0.122. The molecule has 0 aromatic heterocycles. The van der Waals surface area contributed by atoms with E-state index >= 15 is 0 Å². The van der Waals surface area contributed by atoms with Crippen LogP contribution in [0.2, 0.25) is 0 Å². The van der Waals surface area contributed by atoms with Gasteiger partial charge in [0, 0.05) is 26.2 Å². The minimum atomic E-state index is 0.200. The molecule has 0 saturated carbocycles. The molecule has 0 aromatic rings. The van der Waals surface area contributed by atoms with Crippen LogP contribution >= 0.6 is 0 Å². The number of piperidine rings is 1. The first-order valence-electron chi connectivity index (χ1n) is 7.23. The van der Waals surface area contributed by atoms with Crippen molar-refractivity contribution in [3.8, 4) is 0 Å². The van der Waals surface area contributed by atoms with Crippen molar-refractivity contribution in [3.05, 3.63) is 0 Å². The molecule has 1 fully saturated rings. The van der Waals surface area contributed by atoms with E-state index in [0.717, 1.165) is 52.1 Å². The number of rotatable bonds is 8. The Balaban J connectivity index is 1.93. The highest BCUT2D eigenvalue weighted by atomic mass is 16.5. The summed E-state index contributed by atoms with van der Waals surface area (Å²) in [6.07, 6.45) is 3.86. The van der Waals surface area contributed by atoms with Crippen molar-refractivity contribution in [2.45, 2.75) is 39.5 Å². The first-order chi connectivity index (χ1) is 8.68. The molecule has 1 saturated heterocycles. The number of ether oxygens (including phenoxy) is 1. The van der Waals surface area contributed by atoms with Crippen LogP contribution in [0.3, 0.4) is 0 Å². The van der Waals surface area contributed by atoms with E-state index in [2.05, 4.69) is 24.5 Å². The topological polar surface area (TPSA) is 50.4 Å². The highest BCUT2D eigenvalue weighted by molar-refractivity contribution is 5.76. The summed E-state index contributed by atoms with van der Waals surface area (Å²) in [7, 11) is 0. The molecule has 1 heterocycles. The number of hydrogen-bond acceptors (Lipinski definition) is 3. The maximum atomic E-state index is 11.7. The number of hydrogen-bond donors (Lipinski definition) is 2. The summed E-state index contributed by atoms with van der Waals surface area (Å²) in [5.41, 5.74) is 0. The monoisotopic (exact) mass is 256 g/mol. The van der Waals surface area contributed by atoms with E-state index in [1.54, 1.807) is 0 Å². The molecule has 0 aliphatic carbocycles. The molecule has 4 nitrogen and oxygen atoms in total. The molecule has 1 amide bonds. The molecule has 1 aliphatic heterocycles. The largest absolute Gasteiger partial charge is 0.381 e. The Morgan fingerprint density at radius 1 is 1.39 bits per heavy atom. The maximum Gasteiger partial charge on any atom is 0.220 e. The van der Waals surface area contributed by atoms with Crippen LogP contribution in [-0.2, 0) is 9.53 Å². The van der Waals surface area contributed by atoms with Gasteiger partial charge in [-0.15, -0.1) is 0 Å². The number of carbonyl (C=O) groups is 1. The molecule has 0 aromatic carbocycles. The minimum Gasteiger partial charge on any atom is -0.381 e. The van der Waals surface area contributed by atoms with Crippen LogP contribution in [0, 0.1) is 11.8 Å². The highest BCUT2D eigenvalue weighted by Crippen LogP contribution is 2.15. The quantitative estimate of drug-likeness (QED) is 0.648. The molecule has 0 atom stereocenters. The predicted octanol–water partition coefficient (Wildman–Crippen LogP) is 1.55. The lowest BCUT2D eigenvalue weighted by atomic mass is 9.94. The summed E-state index contributed by atoms with van der Waals surface area (Å²) in [5, 5.41) is 6.29. The zero-order valence-electron chi connectivity index (χ0n) is 11.8. The Labute approximate surface area is 111 Å². The molecule has 18 heavy (non-hydrogen) atoms. The van der Waals surface area contributed by atoms with Gasteiger partial charge in [-0.05, 0) is 44.2 Å². The van der Waals surface area contributed by atoms with Crippen molar-refractivity contribution in [2.24, 2.45) is 11.8 Å². The third-order valence-electron chi connectivity index (χ3n) is 3.17. The van der Waals surface area contributed by atoms with E-state index in [1.807, 2.05) is 0 Å². The van der Waals surface area contributed by atoms with Crippen molar-refractivity contribution in [3.63, 3.8) is 0 Å². The highest BCUT2D eigenvalue weighted by Gasteiger charge is 2.16. The van der Waals surface area contributed by atoms with Gasteiger partial charge in [0.1, 0.15) is 0 Å². The number of carbonyl (C=O) groups excluding carboxylic acids is 1. The van der Waals surface area contributed by atoms with Gasteiger partial charge in [0.15, 0.2) is 0 Å². The van der Waals surface area contributed by atoms with Gasteiger partial charge < -0.3 is 15.4 Å². The van der Waals surface area contributed by atoms with E-state index in [9.17, 15) is 4.79 Å². The second-order valence-electron chi connectivity index (χ2n) is 5.57. The Morgan fingerprint density at radius 2 is 2.11 bits per heavy atom. The lowest BCUT2D eigenvalue weighted by Gasteiger charge is -2.21. The maximum absolute atomic E-state index is 11.7. The fourth-order valence-corrected chi connectivity index (χ4v) is 2.14. The number of nitrogens with one attached hydrogen (secondary N) is 2. The van der Waals surface area contributed by atoms with Gasteiger partial charge in [-0.3, -0.25) is 4.79 Å². The van der Waals surface area contributed by atoms with Crippen LogP contribution in [0.5, 0.6) is 0 Å². The Hall–Kier alpha value is -0.610. The molecule has 0 radical (unpaired) electrons. The summed E-state index contributed by atoms with van der Waals surface area (Å²) in [4.78, 5) is 11.7. The lowest BCUT2D eigenvalue weighted by Crippen LogP contribution is -2.32. The summed E-state index contributed by atoms with van der Waals surface area (Å²) >= 11 is 0. The molecule has 0 unspecified atom stereocenters. The van der Waals surface area contributed by atoms with Crippen molar-refractivity contribution in [1.82, 2.24) is 10.6 Å². The van der Waals surface area contributed by atoms with Crippen LogP contribution in [0.15, 0.2) is 0 Å². The van der Waals surface area contributed by atoms with Gasteiger partial charge in [0.05, 0.1) is 0 Å². The van der Waals surface area contributed by atoms with Crippen molar-refractivity contribution in [1.29, 1.82) is 0 Å². The van der Waals surface area contributed by atoms with Gasteiger partial charge in [-0.2, -0.15) is 0 Å². The zero-order valence-corrected chi connectivity index (χ0v) is 11.8. The summed E-state index contributed by atoms with van der Waals surface area (Å²) in [6, 6.07) is 0. The molecule has 1 aliphatic rings. The van der Waals surface area contributed by atoms with Crippen LogP contribution in [-0.4, -0.2) is 38.8 Å². The zero-order chi connectivity index (χ0) is 13.2. The Kier molecular flexibility index (Phi) is 8.01. The summed E-state index contributed by atoms with van der Waals surface area (Å²) in [6.45, 7) is 8.68. The molecule has 1 rings (SSSR count). The minimum absolute atomic E-state index is 0.200. The SMILES string of the molecule is CC(C)COCCCNC(=O)CC1CCNCC1. The third kappa shape index (κ3) is 7.67. The van der Waals surface area contributed by atoms with E-state index in [-0.39, 0.29) is 5.91 Å². The molecular weight excluding hydrogens is 228 g/mol.